The predicted molar refractivity (Wildman–Crippen MR) is 72.2 cm³/mol. The van der Waals surface area contributed by atoms with Crippen LogP contribution in [0, 0.1) is 5.92 Å². The Bertz CT molecular complexity index is 227. The van der Waals surface area contributed by atoms with Gasteiger partial charge in [-0.25, -0.2) is 0 Å². The van der Waals surface area contributed by atoms with Gasteiger partial charge in [0, 0.05) is 12.6 Å². The first-order valence-electron chi connectivity index (χ1n) is 7.55. The lowest BCUT2D eigenvalue weighted by molar-refractivity contribution is -0.106. The first-order chi connectivity index (χ1) is 8.13. The molecular formula is C15H29NO. The Morgan fingerprint density at radius 3 is 2.29 bits per heavy atom. The molecule has 0 aliphatic heterocycles. The van der Waals surface area contributed by atoms with Crippen LogP contribution >= 0.6 is 0 Å². The van der Waals surface area contributed by atoms with Crippen molar-refractivity contribution in [1.29, 1.82) is 0 Å². The summed E-state index contributed by atoms with van der Waals surface area (Å²) in [6, 6.07) is 0.798. The van der Waals surface area contributed by atoms with Crippen molar-refractivity contribution in [2.75, 3.05) is 6.54 Å². The van der Waals surface area contributed by atoms with E-state index in [9.17, 15) is 0 Å². The van der Waals surface area contributed by atoms with Crippen LogP contribution in [0.2, 0.25) is 0 Å². The highest BCUT2D eigenvalue weighted by molar-refractivity contribution is 4.92. The number of ether oxygens (including phenoxy) is 1. The van der Waals surface area contributed by atoms with Gasteiger partial charge in [0.2, 0.25) is 0 Å². The standard InChI is InChI=1S/C15H29NO/c1-4-13-7-9-15(10-8-13,17-12(2)3)11-16-14-5-6-14/h12-14,16H,4-11H2,1-3H3. The van der Waals surface area contributed by atoms with Gasteiger partial charge in [0.1, 0.15) is 0 Å². The Morgan fingerprint density at radius 1 is 1.18 bits per heavy atom. The molecule has 0 atom stereocenters. The van der Waals surface area contributed by atoms with E-state index in [4.69, 9.17) is 4.74 Å². The van der Waals surface area contributed by atoms with Crippen LogP contribution in [0.15, 0.2) is 0 Å². The summed E-state index contributed by atoms with van der Waals surface area (Å²) in [7, 11) is 0. The maximum absolute atomic E-state index is 6.29. The third-order valence-corrected chi connectivity index (χ3v) is 4.37. The Morgan fingerprint density at radius 2 is 1.82 bits per heavy atom. The summed E-state index contributed by atoms with van der Waals surface area (Å²) < 4.78 is 6.29. The molecule has 2 rings (SSSR count). The minimum absolute atomic E-state index is 0.141. The van der Waals surface area contributed by atoms with Crippen molar-refractivity contribution in [1.82, 2.24) is 5.32 Å². The van der Waals surface area contributed by atoms with Crippen LogP contribution in [0.5, 0.6) is 0 Å². The van der Waals surface area contributed by atoms with Crippen molar-refractivity contribution < 1.29 is 4.74 Å². The zero-order chi connectivity index (χ0) is 12.3. The molecule has 0 aromatic rings. The molecule has 100 valence electrons. The van der Waals surface area contributed by atoms with E-state index < -0.39 is 0 Å². The van der Waals surface area contributed by atoms with Crippen LogP contribution < -0.4 is 5.32 Å². The molecule has 0 radical (unpaired) electrons. The number of nitrogens with one attached hydrogen (secondary N) is 1. The second-order valence-electron chi connectivity index (χ2n) is 6.36. The molecule has 0 aromatic carbocycles. The van der Waals surface area contributed by atoms with Crippen LogP contribution in [0.4, 0.5) is 0 Å². The van der Waals surface area contributed by atoms with Crippen molar-refractivity contribution in [2.24, 2.45) is 5.92 Å². The normalized spacial score (nSPS) is 34.2. The number of hydrogen-bond acceptors (Lipinski definition) is 2. The molecule has 0 saturated heterocycles. The third-order valence-electron chi connectivity index (χ3n) is 4.37. The second-order valence-corrected chi connectivity index (χ2v) is 6.36. The van der Waals surface area contributed by atoms with Gasteiger partial charge in [0.25, 0.3) is 0 Å². The minimum Gasteiger partial charge on any atom is -0.371 e. The zero-order valence-corrected chi connectivity index (χ0v) is 11.8. The maximum Gasteiger partial charge on any atom is 0.0810 e. The Balaban J connectivity index is 1.87. The van der Waals surface area contributed by atoms with E-state index in [0.717, 1.165) is 18.5 Å². The fourth-order valence-electron chi connectivity index (χ4n) is 3.07. The van der Waals surface area contributed by atoms with Gasteiger partial charge in [0.15, 0.2) is 0 Å². The van der Waals surface area contributed by atoms with Gasteiger partial charge >= 0.3 is 0 Å². The van der Waals surface area contributed by atoms with E-state index in [1.807, 2.05) is 0 Å². The molecule has 2 aliphatic carbocycles. The summed E-state index contributed by atoms with van der Waals surface area (Å²) in [5, 5.41) is 3.68. The van der Waals surface area contributed by atoms with Crippen LogP contribution in [0.1, 0.15) is 65.7 Å². The minimum atomic E-state index is 0.141. The van der Waals surface area contributed by atoms with Crippen molar-refractivity contribution in [3.63, 3.8) is 0 Å². The molecule has 17 heavy (non-hydrogen) atoms. The topological polar surface area (TPSA) is 21.3 Å². The molecule has 0 bridgehead atoms. The second kappa shape index (κ2) is 5.71. The molecule has 2 saturated carbocycles. The summed E-state index contributed by atoms with van der Waals surface area (Å²) >= 11 is 0. The fourth-order valence-corrected chi connectivity index (χ4v) is 3.07. The van der Waals surface area contributed by atoms with E-state index >= 15 is 0 Å². The molecule has 2 aliphatic rings. The lowest BCUT2D eigenvalue weighted by Crippen LogP contribution is -2.47. The lowest BCUT2D eigenvalue weighted by Gasteiger charge is -2.41. The Kier molecular flexibility index (Phi) is 4.48. The molecule has 1 N–H and O–H groups in total. The van der Waals surface area contributed by atoms with Gasteiger partial charge in [-0.2, -0.15) is 0 Å². The van der Waals surface area contributed by atoms with E-state index in [1.165, 1.54) is 44.9 Å². The summed E-state index contributed by atoms with van der Waals surface area (Å²) in [5.74, 6) is 0.944. The quantitative estimate of drug-likeness (QED) is 0.766. The molecule has 0 amide bonds. The molecular weight excluding hydrogens is 210 g/mol. The first-order valence-corrected chi connectivity index (χ1v) is 7.55. The van der Waals surface area contributed by atoms with Crippen LogP contribution in [-0.2, 0) is 4.74 Å². The third kappa shape index (κ3) is 3.96. The average molecular weight is 239 g/mol. The van der Waals surface area contributed by atoms with Crippen molar-refractivity contribution in [3.8, 4) is 0 Å². The Hall–Kier alpha value is -0.0800. The van der Waals surface area contributed by atoms with E-state index in [-0.39, 0.29) is 5.60 Å². The highest BCUT2D eigenvalue weighted by Gasteiger charge is 2.37. The molecule has 0 heterocycles. The highest BCUT2D eigenvalue weighted by Crippen LogP contribution is 2.37. The van der Waals surface area contributed by atoms with Gasteiger partial charge in [-0.1, -0.05) is 13.3 Å². The van der Waals surface area contributed by atoms with Gasteiger partial charge in [0.05, 0.1) is 11.7 Å². The zero-order valence-electron chi connectivity index (χ0n) is 11.8. The van der Waals surface area contributed by atoms with Gasteiger partial charge in [-0.05, 0) is 58.3 Å². The molecule has 0 aromatic heterocycles. The molecule has 2 heteroatoms. The maximum atomic E-state index is 6.29. The molecule has 0 unspecified atom stereocenters. The smallest absolute Gasteiger partial charge is 0.0810 e. The summed E-state index contributed by atoms with van der Waals surface area (Å²) in [4.78, 5) is 0. The fraction of sp³-hybridized carbons (Fsp3) is 1.00. The summed E-state index contributed by atoms with van der Waals surface area (Å²) in [6.07, 6.45) is 9.66. The molecule has 0 spiro atoms. The van der Waals surface area contributed by atoms with Crippen LogP contribution in [0.3, 0.4) is 0 Å². The molecule has 2 nitrogen and oxygen atoms in total. The SMILES string of the molecule is CCC1CCC(CNC2CC2)(OC(C)C)CC1. The van der Waals surface area contributed by atoms with Crippen molar-refractivity contribution in [3.05, 3.63) is 0 Å². The lowest BCUT2D eigenvalue weighted by atomic mass is 9.77. The van der Waals surface area contributed by atoms with E-state index in [0.29, 0.717) is 6.10 Å². The first kappa shape index (κ1) is 13.4. The monoisotopic (exact) mass is 239 g/mol. The molecule has 2 fully saturated rings. The number of rotatable bonds is 6. The highest BCUT2D eigenvalue weighted by atomic mass is 16.5. The van der Waals surface area contributed by atoms with Gasteiger partial charge in [-0.3, -0.25) is 0 Å². The summed E-state index contributed by atoms with van der Waals surface area (Å²) in [6.45, 7) is 7.74. The average Bonchev–Trinajstić information content (AvgIpc) is 3.11. The van der Waals surface area contributed by atoms with Gasteiger partial charge < -0.3 is 10.1 Å². The van der Waals surface area contributed by atoms with E-state index in [1.54, 1.807) is 0 Å². The largest absolute Gasteiger partial charge is 0.371 e. The summed E-state index contributed by atoms with van der Waals surface area (Å²) in [5.41, 5.74) is 0.141. The van der Waals surface area contributed by atoms with E-state index in [2.05, 4.69) is 26.1 Å². The van der Waals surface area contributed by atoms with Crippen molar-refractivity contribution >= 4 is 0 Å². The van der Waals surface area contributed by atoms with Crippen LogP contribution in [0.25, 0.3) is 0 Å². The van der Waals surface area contributed by atoms with Crippen molar-refractivity contribution in [2.45, 2.75) is 83.5 Å². The van der Waals surface area contributed by atoms with Gasteiger partial charge in [-0.15, -0.1) is 0 Å². The van der Waals surface area contributed by atoms with Crippen LogP contribution in [-0.4, -0.2) is 24.3 Å². The Labute approximate surface area is 107 Å². The number of hydrogen-bond donors (Lipinski definition) is 1. The predicted octanol–water partition coefficient (Wildman–Crippen LogP) is 3.50.